The summed E-state index contributed by atoms with van der Waals surface area (Å²) in [4.78, 5) is 8.15. The maximum absolute atomic E-state index is 10.9. The average Bonchev–Trinajstić information content (AvgIpc) is 3.17. The molecule has 116 valence electrons. The maximum atomic E-state index is 10.9. The van der Waals surface area contributed by atoms with E-state index in [1.165, 1.54) is 12.8 Å². The van der Waals surface area contributed by atoms with Crippen LogP contribution in [-0.4, -0.2) is 44.1 Å². The molecule has 0 aromatic carbocycles. The molecule has 3 rings (SSSR count). The minimum atomic E-state index is -0.352. The van der Waals surface area contributed by atoms with Crippen LogP contribution in [0.2, 0.25) is 0 Å². The third kappa shape index (κ3) is 2.62. The monoisotopic (exact) mass is 307 g/mol. The number of imidazole rings is 1. The van der Waals surface area contributed by atoms with Crippen LogP contribution in [0, 0.1) is 0 Å². The predicted octanol–water partition coefficient (Wildman–Crippen LogP) is 2.95. The number of hydrogen-bond donors (Lipinski definition) is 1. The first kappa shape index (κ1) is 15.0. The topological polar surface area (TPSA) is 40.8 Å². The SMILES string of the molecule is CCC(CC)(C(O)Cc1cn2ccsc2n1)N1CCCC1. The number of aliphatic hydroxyl groups excluding tert-OH is 1. The molecule has 4 nitrogen and oxygen atoms in total. The molecule has 0 radical (unpaired) electrons. The van der Waals surface area contributed by atoms with Crippen molar-refractivity contribution in [3.05, 3.63) is 23.5 Å². The van der Waals surface area contributed by atoms with Crippen molar-refractivity contribution in [1.82, 2.24) is 14.3 Å². The third-order valence-electron chi connectivity index (χ3n) is 5.13. The molecule has 0 saturated carbocycles. The van der Waals surface area contributed by atoms with E-state index in [1.807, 2.05) is 16.0 Å². The van der Waals surface area contributed by atoms with E-state index in [2.05, 4.69) is 29.9 Å². The molecule has 1 aliphatic rings. The van der Waals surface area contributed by atoms with Gasteiger partial charge in [-0.1, -0.05) is 13.8 Å². The molecule has 1 saturated heterocycles. The number of hydrogen-bond acceptors (Lipinski definition) is 4. The normalized spacial score (nSPS) is 18.6. The lowest BCUT2D eigenvalue weighted by atomic mass is 9.82. The smallest absolute Gasteiger partial charge is 0.193 e. The standard InChI is InChI=1S/C16H25N3OS/c1-3-16(4-2,19-7-5-6-8-19)14(20)11-13-12-18-9-10-21-15(18)17-13/h9-10,12,14,20H,3-8,11H2,1-2H3. The summed E-state index contributed by atoms with van der Waals surface area (Å²) in [5.41, 5.74) is 0.910. The Hall–Kier alpha value is -0.910. The third-order valence-corrected chi connectivity index (χ3v) is 5.90. The fourth-order valence-electron chi connectivity index (χ4n) is 3.80. The van der Waals surface area contributed by atoms with E-state index in [4.69, 9.17) is 0 Å². The number of nitrogens with zero attached hydrogens (tertiary/aromatic N) is 3. The van der Waals surface area contributed by atoms with Crippen molar-refractivity contribution >= 4 is 16.3 Å². The Bertz CT molecular complexity index is 553. The summed E-state index contributed by atoms with van der Waals surface area (Å²) in [6, 6.07) is 0. The van der Waals surface area contributed by atoms with Crippen molar-refractivity contribution < 1.29 is 5.11 Å². The molecule has 2 aromatic heterocycles. The van der Waals surface area contributed by atoms with Gasteiger partial charge >= 0.3 is 0 Å². The number of thiazole rings is 1. The highest BCUT2D eigenvalue weighted by molar-refractivity contribution is 7.15. The zero-order chi connectivity index (χ0) is 14.9. The highest BCUT2D eigenvalue weighted by Gasteiger charge is 2.41. The molecule has 21 heavy (non-hydrogen) atoms. The molecule has 3 heterocycles. The average molecular weight is 307 g/mol. The Morgan fingerprint density at radius 2 is 2.05 bits per heavy atom. The number of rotatable bonds is 6. The fourth-order valence-corrected chi connectivity index (χ4v) is 4.52. The molecular weight excluding hydrogens is 282 g/mol. The van der Waals surface area contributed by atoms with Gasteiger partial charge < -0.3 is 5.11 Å². The molecule has 0 aliphatic carbocycles. The van der Waals surface area contributed by atoms with Crippen molar-refractivity contribution in [2.45, 2.75) is 57.6 Å². The number of fused-ring (bicyclic) bond motifs is 1. The summed E-state index contributed by atoms with van der Waals surface area (Å²) in [5.74, 6) is 0. The summed E-state index contributed by atoms with van der Waals surface area (Å²) >= 11 is 1.64. The highest BCUT2D eigenvalue weighted by Crippen LogP contribution is 2.33. The molecule has 0 spiro atoms. The molecule has 0 bridgehead atoms. The first-order valence-corrected chi connectivity index (χ1v) is 8.91. The minimum Gasteiger partial charge on any atom is -0.391 e. The highest BCUT2D eigenvalue weighted by atomic mass is 32.1. The lowest BCUT2D eigenvalue weighted by Gasteiger charge is -2.44. The van der Waals surface area contributed by atoms with Crippen LogP contribution in [0.4, 0.5) is 0 Å². The Labute approximate surface area is 130 Å². The maximum Gasteiger partial charge on any atom is 0.193 e. The molecule has 1 atom stereocenters. The number of aromatic nitrogens is 2. The molecule has 1 unspecified atom stereocenters. The summed E-state index contributed by atoms with van der Waals surface area (Å²) in [7, 11) is 0. The van der Waals surface area contributed by atoms with Gasteiger partial charge in [0.05, 0.1) is 11.8 Å². The van der Waals surface area contributed by atoms with Crippen molar-refractivity contribution in [1.29, 1.82) is 0 Å². The quantitative estimate of drug-likeness (QED) is 0.892. The molecule has 1 fully saturated rings. The summed E-state index contributed by atoms with van der Waals surface area (Å²) in [6.07, 6.45) is 8.87. The minimum absolute atomic E-state index is 0.0897. The first-order valence-electron chi connectivity index (χ1n) is 8.04. The van der Waals surface area contributed by atoms with Crippen molar-refractivity contribution in [3.63, 3.8) is 0 Å². The van der Waals surface area contributed by atoms with Crippen LogP contribution in [-0.2, 0) is 6.42 Å². The van der Waals surface area contributed by atoms with E-state index >= 15 is 0 Å². The van der Waals surface area contributed by atoms with Crippen LogP contribution in [0.25, 0.3) is 4.96 Å². The largest absolute Gasteiger partial charge is 0.391 e. The van der Waals surface area contributed by atoms with E-state index in [0.717, 1.165) is 36.6 Å². The molecular formula is C16H25N3OS. The molecule has 5 heteroatoms. The van der Waals surface area contributed by atoms with Gasteiger partial charge in [0.15, 0.2) is 4.96 Å². The molecule has 2 aromatic rings. The van der Waals surface area contributed by atoms with Gasteiger partial charge in [0.25, 0.3) is 0 Å². The van der Waals surface area contributed by atoms with Crippen LogP contribution in [0.1, 0.15) is 45.2 Å². The lowest BCUT2D eigenvalue weighted by molar-refractivity contribution is -0.0273. The van der Waals surface area contributed by atoms with Gasteiger partial charge in [0, 0.05) is 29.7 Å². The molecule has 1 aliphatic heterocycles. The van der Waals surface area contributed by atoms with Gasteiger partial charge in [0.2, 0.25) is 0 Å². The number of aliphatic hydroxyl groups is 1. The van der Waals surface area contributed by atoms with Gasteiger partial charge in [0.1, 0.15) is 0 Å². The van der Waals surface area contributed by atoms with Gasteiger partial charge in [-0.05, 0) is 38.8 Å². The van der Waals surface area contributed by atoms with Gasteiger partial charge in [-0.25, -0.2) is 4.98 Å². The van der Waals surface area contributed by atoms with Crippen LogP contribution >= 0.6 is 11.3 Å². The van der Waals surface area contributed by atoms with Gasteiger partial charge in [-0.3, -0.25) is 9.30 Å². The molecule has 1 N–H and O–H groups in total. The van der Waals surface area contributed by atoms with Crippen LogP contribution < -0.4 is 0 Å². The van der Waals surface area contributed by atoms with E-state index in [1.54, 1.807) is 11.3 Å². The van der Waals surface area contributed by atoms with E-state index in [0.29, 0.717) is 6.42 Å². The lowest BCUT2D eigenvalue weighted by Crippen LogP contribution is -2.55. The van der Waals surface area contributed by atoms with Crippen LogP contribution in [0.15, 0.2) is 17.8 Å². The fraction of sp³-hybridized carbons (Fsp3) is 0.688. The van der Waals surface area contributed by atoms with Crippen LogP contribution in [0.5, 0.6) is 0 Å². The number of likely N-dealkylation sites (tertiary alicyclic amines) is 1. The second-order valence-corrected chi connectivity index (χ2v) is 6.92. The zero-order valence-electron chi connectivity index (χ0n) is 13.0. The van der Waals surface area contributed by atoms with Crippen molar-refractivity contribution in [2.75, 3.05) is 13.1 Å². The van der Waals surface area contributed by atoms with Gasteiger partial charge in [-0.15, -0.1) is 11.3 Å². The Kier molecular flexibility index (Phi) is 4.33. The Morgan fingerprint density at radius 3 is 2.67 bits per heavy atom. The second kappa shape index (κ2) is 6.07. The van der Waals surface area contributed by atoms with E-state index < -0.39 is 0 Å². The molecule has 0 amide bonds. The Morgan fingerprint density at radius 1 is 1.33 bits per heavy atom. The van der Waals surface area contributed by atoms with E-state index in [-0.39, 0.29) is 11.6 Å². The zero-order valence-corrected chi connectivity index (χ0v) is 13.8. The van der Waals surface area contributed by atoms with Gasteiger partial charge in [-0.2, -0.15) is 0 Å². The predicted molar refractivity (Wildman–Crippen MR) is 86.9 cm³/mol. The Balaban J connectivity index is 1.79. The van der Waals surface area contributed by atoms with Crippen LogP contribution in [0.3, 0.4) is 0 Å². The van der Waals surface area contributed by atoms with E-state index in [9.17, 15) is 5.11 Å². The summed E-state index contributed by atoms with van der Waals surface area (Å²) in [6.45, 7) is 6.65. The summed E-state index contributed by atoms with van der Waals surface area (Å²) in [5, 5.41) is 13.0. The second-order valence-electron chi connectivity index (χ2n) is 6.05. The summed E-state index contributed by atoms with van der Waals surface area (Å²) < 4.78 is 2.04. The van der Waals surface area contributed by atoms with Crippen molar-refractivity contribution in [3.8, 4) is 0 Å². The first-order chi connectivity index (χ1) is 10.2. The van der Waals surface area contributed by atoms with Crippen molar-refractivity contribution in [2.24, 2.45) is 0 Å².